The molecule has 1 unspecified atom stereocenters. The smallest absolute Gasteiger partial charge is 0.159 e. The van der Waals surface area contributed by atoms with Crippen LogP contribution in [-0.2, 0) is 13.0 Å². The molecule has 0 spiro atoms. The van der Waals surface area contributed by atoms with E-state index in [1.54, 1.807) is 12.3 Å². The van der Waals surface area contributed by atoms with Crippen molar-refractivity contribution in [1.29, 1.82) is 0 Å². The third-order valence-corrected chi connectivity index (χ3v) is 3.15. The highest BCUT2D eigenvalue weighted by Gasteiger charge is 2.16. The van der Waals surface area contributed by atoms with Crippen molar-refractivity contribution in [2.75, 3.05) is 0 Å². The minimum absolute atomic E-state index is 0.249. The lowest BCUT2D eigenvalue weighted by molar-refractivity contribution is 0.481. The molecule has 1 heterocycles. The van der Waals surface area contributed by atoms with Gasteiger partial charge < -0.3 is 4.57 Å². The van der Waals surface area contributed by atoms with E-state index in [1.807, 2.05) is 10.8 Å². The molecule has 0 saturated carbocycles. The van der Waals surface area contributed by atoms with Crippen LogP contribution in [0.15, 0.2) is 30.6 Å². The summed E-state index contributed by atoms with van der Waals surface area (Å²) in [6.07, 6.45) is 5.01. The first-order valence-corrected chi connectivity index (χ1v) is 6.56. The molecule has 6 heteroatoms. The van der Waals surface area contributed by atoms with Gasteiger partial charge >= 0.3 is 0 Å². The lowest BCUT2D eigenvalue weighted by Crippen LogP contribution is -2.32. The molecule has 1 atom stereocenters. The fourth-order valence-corrected chi connectivity index (χ4v) is 2.19. The average molecular weight is 280 g/mol. The molecule has 1 aromatic heterocycles. The minimum Gasteiger partial charge on any atom is -0.334 e. The summed E-state index contributed by atoms with van der Waals surface area (Å²) in [5.41, 5.74) is 3.35. The maximum absolute atomic E-state index is 13.2. The molecule has 0 fully saturated rings. The second kappa shape index (κ2) is 6.58. The number of nitrogens with zero attached hydrogens (tertiary/aromatic N) is 2. The molecule has 0 saturated heterocycles. The van der Waals surface area contributed by atoms with Gasteiger partial charge in [-0.2, -0.15) is 0 Å². The topological polar surface area (TPSA) is 55.9 Å². The summed E-state index contributed by atoms with van der Waals surface area (Å²) in [6, 6.07) is 3.61. The van der Waals surface area contributed by atoms with Crippen LogP contribution in [0.5, 0.6) is 0 Å². The van der Waals surface area contributed by atoms with Crippen LogP contribution in [0, 0.1) is 11.6 Å². The van der Waals surface area contributed by atoms with Gasteiger partial charge in [0.05, 0.1) is 6.04 Å². The van der Waals surface area contributed by atoms with Crippen LogP contribution in [0.1, 0.15) is 30.8 Å². The van der Waals surface area contributed by atoms with E-state index in [9.17, 15) is 8.78 Å². The number of halogens is 2. The molecule has 3 N–H and O–H groups in total. The molecule has 108 valence electrons. The van der Waals surface area contributed by atoms with Crippen molar-refractivity contribution >= 4 is 0 Å². The Hall–Kier alpha value is -1.79. The van der Waals surface area contributed by atoms with E-state index in [1.165, 1.54) is 6.07 Å². The first-order chi connectivity index (χ1) is 9.65. The van der Waals surface area contributed by atoms with Gasteiger partial charge in [-0.15, -0.1) is 0 Å². The standard InChI is InChI=1S/C14H18F2N4/c1-2-6-20-7-5-18-14(20)13(19-17)9-10-3-4-11(15)12(16)8-10/h3-5,7-8,13,19H,2,6,9,17H2,1H3. The first kappa shape index (κ1) is 14.6. The largest absolute Gasteiger partial charge is 0.334 e. The van der Waals surface area contributed by atoms with Crippen molar-refractivity contribution in [2.45, 2.75) is 32.4 Å². The van der Waals surface area contributed by atoms with Gasteiger partial charge in [-0.25, -0.2) is 19.2 Å². The van der Waals surface area contributed by atoms with Crippen LogP contribution in [-0.4, -0.2) is 9.55 Å². The van der Waals surface area contributed by atoms with E-state index in [-0.39, 0.29) is 6.04 Å². The predicted octanol–water partition coefficient (Wildman–Crippen LogP) is 2.32. The van der Waals surface area contributed by atoms with E-state index in [0.29, 0.717) is 12.0 Å². The van der Waals surface area contributed by atoms with E-state index in [4.69, 9.17) is 5.84 Å². The summed E-state index contributed by atoms with van der Waals surface area (Å²) in [4.78, 5) is 4.29. The summed E-state index contributed by atoms with van der Waals surface area (Å²) in [6.45, 7) is 2.91. The van der Waals surface area contributed by atoms with E-state index < -0.39 is 11.6 Å². The molecule has 0 amide bonds. The average Bonchev–Trinajstić information content (AvgIpc) is 2.88. The summed E-state index contributed by atoms with van der Waals surface area (Å²) in [5.74, 6) is 4.66. The van der Waals surface area contributed by atoms with E-state index in [0.717, 1.165) is 24.9 Å². The van der Waals surface area contributed by atoms with Gasteiger partial charge in [0.2, 0.25) is 0 Å². The highest BCUT2D eigenvalue weighted by molar-refractivity contribution is 5.20. The molecular formula is C14H18F2N4. The summed E-state index contributed by atoms with van der Waals surface area (Å²) in [7, 11) is 0. The molecule has 0 aliphatic carbocycles. The van der Waals surface area contributed by atoms with E-state index in [2.05, 4.69) is 17.3 Å². The molecule has 20 heavy (non-hydrogen) atoms. The quantitative estimate of drug-likeness (QED) is 0.630. The van der Waals surface area contributed by atoms with Crippen molar-refractivity contribution < 1.29 is 8.78 Å². The number of nitrogens with one attached hydrogen (secondary N) is 1. The third kappa shape index (κ3) is 3.20. The Morgan fingerprint density at radius 2 is 2.15 bits per heavy atom. The van der Waals surface area contributed by atoms with Crippen molar-refractivity contribution in [3.63, 3.8) is 0 Å². The van der Waals surface area contributed by atoms with Crippen LogP contribution < -0.4 is 11.3 Å². The van der Waals surface area contributed by atoms with Crippen molar-refractivity contribution in [1.82, 2.24) is 15.0 Å². The fraction of sp³-hybridized carbons (Fsp3) is 0.357. The monoisotopic (exact) mass is 280 g/mol. The zero-order valence-corrected chi connectivity index (χ0v) is 11.3. The molecule has 0 aliphatic heterocycles. The Kier molecular flexibility index (Phi) is 4.81. The predicted molar refractivity (Wildman–Crippen MR) is 72.6 cm³/mol. The summed E-state index contributed by atoms with van der Waals surface area (Å²) in [5, 5.41) is 0. The van der Waals surface area contributed by atoms with Gasteiger partial charge in [0.1, 0.15) is 5.82 Å². The third-order valence-electron chi connectivity index (χ3n) is 3.15. The van der Waals surface area contributed by atoms with Crippen LogP contribution in [0.4, 0.5) is 8.78 Å². The number of aromatic nitrogens is 2. The molecule has 2 rings (SSSR count). The van der Waals surface area contributed by atoms with Gasteiger partial charge in [-0.1, -0.05) is 13.0 Å². The number of rotatable bonds is 6. The van der Waals surface area contributed by atoms with Gasteiger partial charge in [-0.3, -0.25) is 5.84 Å². The van der Waals surface area contributed by atoms with Gasteiger partial charge in [0.25, 0.3) is 0 Å². The zero-order chi connectivity index (χ0) is 14.5. The van der Waals surface area contributed by atoms with Crippen LogP contribution in [0.25, 0.3) is 0 Å². The van der Waals surface area contributed by atoms with Crippen LogP contribution in [0.3, 0.4) is 0 Å². The Morgan fingerprint density at radius 1 is 1.35 bits per heavy atom. The molecule has 4 nitrogen and oxygen atoms in total. The highest BCUT2D eigenvalue weighted by Crippen LogP contribution is 2.18. The normalized spacial score (nSPS) is 12.6. The highest BCUT2D eigenvalue weighted by atomic mass is 19.2. The second-order valence-electron chi connectivity index (χ2n) is 4.65. The fourth-order valence-electron chi connectivity index (χ4n) is 2.19. The Bertz CT molecular complexity index is 568. The number of hydrogen-bond acceptors (Lipinski definition) is 3. The maximum Gasteiger partial charge on any atom is 0.159 e. The number of aryl methyl sites for hydroxylation is 1. The van der Waals surface area contributed by atoms with Gasteiger partial charge in [-0.05, 0) is 30.5 Å². The number of nitrogens with two attached hydrogens (primary N) is 1. The lowest BCUT2D eigenvalue weighted by atomic mass is 10.1. The second-order valence-corrected chi connectivity index (χ2v) is 4.65. The zero-order valence-electron chi connectivity index (χ0n) is 11.3. The minimum atomic E-state index is -0.852. The Balaban J connectivity index is 2.19. The van der Waals surface area contributed by atoms with Gasteiger partial charge in [0.15, 0.2) is 11.6 Å². The maximum atomic E-state index is 13.2. The number of hydrazine groups is 1. The lowest BCUT2D eigenvalue weighted by Gasteiger charge is -2.17. The SMILES string of the molecule is CCCn1ccnc1C(Cc1ccc(F)c(F)c1)NN. The molecule has 0 radical (unpaired) electrons. The van der Waals surface area contributed by atoms with Crippen LogP contribution >= 0.6 is 0 Å². The molecular weight excluding hydrogens is 262 g/mol. The number of imidazole rings is 1. The van der Waals surface area contributed by atoms with Crippen molar-refractivity contribution in [3.8, 4) is 0 Å². The molecule has 2 aromatic rings. The Labute approximate surface area is 116 Å². The Morgan fingerprint density at radius 3 is 2.80 bits per heavy atom. The molecule has 1 aromatic carbocycles. The number of hydrogen-bond donors (Lipinski definition) is 2. The van der Waals surface area contributed by atoms with Crippen LogP contribution in [0.2, 0.25) is 0 Å². The van der Waals surface area contributed by atoms with Crippen molar-refractivity contribution in [2.24, 2.45) is 5.84 Å². The number of benzene rings is 1. The van der Waals surface area contributed by atoms with Gasteiger partial charge in [0, 0.05) is 18.9 Å². The first-order valence-electron chi connectivity index (χ1n) is 6.56. The van der Waals surface area contributed by atoms with E-state index >= 15 is 0 Å². The summed E-state index contributed by atoms with van der Waals surface area (Å²) < 4.78 is 28.2. The molecule has 0 aliphatic rings. The molecule has 0 bridgehead atoms. The van der Waals surface area contributed by atoms with Crippen molar-refractivity contribution in [3.05, 3.63) is 53.6 Å². The summed E-state index contributed by atoms with van der Waals surface area (Å²) >= 11 is 0.